The fourth-order valence-corrected chi connectivity index (χ4v) is 4.50. The standard InChI is InChI=1S/C23H33N3/c1-5-6-10-23(16(2)25-4)26-15-20-14-18(11-12-21(20)17(26)3)13-19-8-7-9-22(19)24/h5,11-12,14,19,22-23,25H,1-3,6-10,13,15,24H2,4H3. The minimum atomic E-state index is 0.240. The van der Waals surface area contributed by atoms with Gasteiger partial charge in [-0.05, 0) is 49.1 Å². The molecule has 1 aliphatic carbocycles. The smallest absolute Gasteiger partial charge is 0.0688 e. The van der Waals surface area contributed by atoms with Crippen LogP contribution in [-0.4, -0.2) is 24.0 Å². The maximum absolute atomic E-state index is 6.27. The number of allylic oxidation sites excluding steroid dienone is 1. The second-order valence-corrected chi connectivity index (χ2v) is 7.78. The van der Waals surface area contributed by atoms with E-state index in [0.717, 1.165) is 37.2 Å². The lowest BCUT2D eigenvalue weighted by Crippen LogP contribution is -2.35. The van der Waals surface area contributed by atoms with Crippen molar-refractivity contribution in [3.63, 3.8) is 0 Å². The van der Waals surface area contributed by atoms with Crippen molar-refractivity contribution in [2.24, 2.45) is 11.7 Å². The third kappa shape index (κ3) is 3.73. The van der Waals surface area contributed by atoms with Crippen molar-refractivity contribution in [2.45, 2.75) is 57.2 Å². The molecule has 0 radical (unpaired) electrons. The van der Waals surface area contributed by atoms with Crippen LogP contribution in [0, 0.1) is 5.92 Å². The van der Waals surface area contributed by atoms with Crippen LogP contribution in [0.5, 0.6) is 0 Å². The van der Waals surface area contributed by atoms with Crippen molar-refractivity contribution in [3.8, 4) is 0 Å². The van der Waals surface area contributed by atoms with Crippen LogP contribution in [0.4, 0.5) is 0 Å². The van der Waals surface area contributed by atoms with Gasteiger partial charge in [-0.2, -0.15) is 0 Å². The highest BCUT2D eigenvalue weighted by atomic mass is 15.2. The molecule has 0 bridgehead atoms. The van der Waals surface area contributed by atoms with Crippen LogP contribution >= 0.6 is 0 Å². The number of benzene rings is 1. The predicted molar refractivity (Wildman–Crippen MR) is 111 cm³/mol. The Bertz CT molecular complexity index is 691. The summed E-state index contributed by atoms with van der Waals surface area (Å²) in [4.78, 5) is 2.39. The molecule has 1 saturated carbocycles. The summed E-state index contributed by atoms with van der Waals surface area (Å²) in [6, 6.07) is 7.50. The number of nitrogens with one attached hydrogen (secondary N) is 1. The molecule has 3 N–H and O–H groups in total. The van der Waals surface area contributed by atoms with Crippen LogP contribution < -0.4 is 11.1 Å². The Kier molecular flexibility index (Phi) is 5.87. The van der Waals surface area contributed by atoms with Crippen molar-refractivity contribution in [2.75, 3.05) is 7.05 Å². The predicted octanol–water partition coefficient (Wildman–Crippen LogP) is 4.21. The van der Waals surface area contributed by atoms with E-state index >= 15 is 0 Å². The van der Waals surface area contributed by atoms with Crippen molar-refractivity contribution in [1.82, 2.24) is 10.2 Å². The molecule has 3 rings (SSSR count). The van der Waals surface area contributed by atoms with Gasteiger partial charge >= 0.3 is 0 Å². The zero-order chi connectivity index (χ0) is 18.7. The zero-order valence-corrected chi connectivity index (χ0v) is 16.1. The fourth-order valence-electron chi connectivity index (χ4n) is 4.50. The summed E-state index contributed by atoms with van der Waals surface area (Å²) in [5.41, 5.74) is 12.5. The van der Waals surface area contributed by atoms with Gasteiger partial charge in [0.15, 0.2) is 0 Å². The minimum Gasteiger partial charge on any atom is -0.390 e. The molecule has 0 saturated heterocycles. The Morgan fingerprint density at radius 3 is 2.88 bits per heavy atom. The zero-order valence-electron chi connectivity index (χ0n) is 16.1. The average Bonchev–Trinajstić information content (AvgIpc) is 3.18. The highest BCUT2D eigenvalue weighted by Gasteiger charge is 2.30. The molecular weight excluding hydrogens is 318 g/mol. The fraction of sp³-hybridized carbons (Fsp3) is 0.478. The monoisotopic (exact) mass is 351 g/mol. The Hall–Kier alpha value is -2.00. The van der Waals surface area contributed by atoms with Crippen LogP contribution in [0.1, 0.15) is 48.8 Å². The number of rotatable bonds is 8. The third-order valence-electron chi connectivity index (χ3n) is 6.13. The number of likely N-dealkylation sites (N-methyl/N-ethyl adjacent to an activating group) is 1. The van der Waals surface area contributed by atoms with E-state index < -0.39 is 0 Å². The maximum atomic E-state index is 6.27. The van der Waals surface area contributed by atoms with Gasteiger partial charge in [0.25, 0.3) is 0 Å². The van der Waals surface area contributed by atoms with Gasteiger partial charge in [-0.25, -0.2) is 0 Å². The van der Waals surface area contributed by atoms with Gasteiger partial charge in [-0.15, -0.1) is 6.58 Å². The van der Waals surface area contributed by atoms with Crippen molar-refractivity contribution in [1.29, 1.82) is 0 Å². The molecule has 3 atom stereocenters. The van der Waals surface area contributed by atoms with E-state index in [1.54, 1.807) is 0 Å². The SMILES string of the molecule is C=CCCC(C(=C)NC)N1Cc2cc(CC3CCCC3N)ccc2C1=C. The molecule has 140 valence electrons. The van der Waals surface area contributed by atoms with E-state index in [9.17, 15) is 0 Å². The highest BCUT2D eigenvalue weighted by molar-refractivity contribution is 5.70. The lowest BCUT2D eigenvalue weighted by atomic mass is 9.93. The van der Waals surface area contributed by atoms with E-state index in [2.05, 4.69) is 48.2 Å². The van der Waals surface area contributed by atoms with Crippen molar-refractivity contribution >= 4 is 5.70 Å². The Morgan fingerprint density at radius 1 is 1.42 bits per heavy atom. The molecule has 1 aromatic rings. The third-order valence-corrected chi connectivity index (χ3v) is 6.13. The van der Waals surface area contributed by atoms with Crippen LogP contribution in [-0.2, 0) is 13.0 Å². The molecule has 1 fully saturated rings. The van der Waals surface area contributed by atoms with E-state index in [0.29, 0.717) is 12.0 Å². The van der Waals surface area contributed by atoms with Gasteiger partial charge in [-0.3, -0.25) is 0 Å². The van der Waals surface area contributed by atoms with E-state index in [-0.39, 0.29) is 6.04 Å². The Balaban J connectivity index is 1.76. The summed E-state index contributed by atoms with van der Waals surface area (Å²) < 4.78 is 0. The molecule has 3 unspecified atom stereocenters. The molecule has 1 aliphatic heterocycles. The first kappa shape index (κ1) is 18.8. The number of fused-ring (bicyclic) bond motifs is 1. The summed E-state index contributed by atoms with van der Waals surface area (Å²) in [7, 11) is 1.94. The van der Waals surface area contributed by atoms with Crippen LogP contribution in [0.3, 0.4) is 0 Å². The van der Waals surface area contributed by atoms with E-state index in [1.807, 2.05) is 13.1 Å². The van der Waals surface area contributed by atoms with Crippen LogP contribution in [0.15, 0.2) is 49.7 Å². The van der Waals surface area contributed by atoms with Crippen LogP contribution in [0.25, 0.3) is 5.70 Å². The van der Waals surface area contributed by atoms with Crippen LogP contribution in [0.2, 0.25) is 0 Å². The molecule has 0 spiro atoms. The summed E-state index contributed by atoms with van der Waals surface area (Å²) in [5.74, 6) is 0.637. The molecule has 1 heterocycles. The molecule has 0 amide bonds. The van der Waals surface area contributed by atoms with Crippen molar-refractivity contribution in [3.05, 3.63) is 66.4 Å². The number of hydrogen-bond donors (Lipinski definition) is 2. The number of hydrogen-bond acceptors (Lipinski definition) is 3. The van der Waals surface area contributed by atoms with Gasteiger partial charge in [0, 0.05) is 36.6 Å². The van der Waals surface area contributed by atoms with E-state index in [4.69, 9.17) is 5.73 Å². The molecule has 1 aromatic carbocycles. The average molecular weight is 352 g/mol. The molecule has 0 aromatic heterocycles. The second-order valence-electron chi connectivity index (χ2n) is 7.78. The summed E-state index contributed by atoms with van der Waals surface area (Å²) in [6.07, 6.45) is 8.77. The summed E-state index contributed by atoms with van der Waals surface area (Å²) in [5, 5.41) is 3.24. The molecular formula is C23H33N3. The topological polar surface area (TPSA) is 41.3 Å². The molecule has 3 nitrogen and oxygen atoms in total. The first-order chi connectivity index (χ1) is 12.5. The quantitative estimate of drug-likeness (QED) is 0.689. The first-order valence-corrected chi connectivity index (χ1v) is 9.86. The molecule has 2 aliphatic rings. The summed E-state index contributed by atoms with van der Waals surface area (Å²) in [6.45, 7) is 13.4. The lowest BCUT2D eigenvalue weighted by Gasteiger charge is -2.32. The van der Waals surface area contributed by atoms with E-state index in [1.165, 1.54) is 36.0 Å². The van der Waals surface area contributed by atoms with Gasteiger partial charge < -0.3 is 16.0 Å². The normalized spacial score (nSPS) is 23.0. The van der Waals surface area contributed by atoms with Gasteiger partial charge in [0.2, 0.25) is 0 Å². The maximum Gasteiger partial charge on any atom is 0.0688 e. The molecule has 3 heteroatoms. The minimum absolute atomic E-state index is 0.240. The Labute approximate surface area is 158 Å². The van der Waals surface area contributed by atoms with Gasteiger partial charge in [0.05, 0.1) is 6.04 Å². The van der Waals surface area contributed by atoms with Crippen molar-refractivity contribution < 1.29 is 0 Å². The van der Waals surface area contributed by atoms with Gasteiger partial charge in [0.1, 0.15) is 0 Å². The Morgan fingerprint density at radius 2 is 2.23 bits per heavy atom. The number of nitrogens with zero attached hydrogens (tertiary/aromatic N) is 1. The molecule has 26 heavy (non-hydrogen) atoms. The number of nitrogens with two attached hydrogens (primary N) is 1. The first-order valence-electron chi connectivity index (χ1n) is 9.86. The largest absolute Gasteiger partial charge is 0.390 e. The van der Waals surface area contributed by atoms with Gasteiger partial charge in [-0.1, -0.05) is 43.9 Å². The second kappa shape index (κ2) is 8.13. The lowest BCUT2D eigenvalue weighted by molar-refractivity contribution is 0.312. The highest BCUT2D eigenvalue weighted by Crippen LogP contribution is 2.37. The summed E-state index contributed by atoms with van der Waals surface area (Å²) >= 11 is 0.